The third-order valence-corrected chi connectivity index (χ3v) is 1.80. The van der Waals surface area contributed by atoms with E-state index in [2.05, 4.69) is 10.3 Å². The van der Waals surface area contributed by atoms with Gasteiger partial charge in [0, 0.05) is 6.07 Å². The van der Waals surface area contributed by atoms with Crippen LogP contribution in [0.5, 0.6) is 5.88 Å². The van der Waals surface area contributed by atoms with Gasteiger partial charge in [0.1, 0.15) is 12.1 Å². The molecule has 0 spiro atoms. The highest BCUT2D eigenvalue weighted by molar-refractivity contribution is 5.75. The number of anilines is 1. The molecule has 0 aromatic carbocycles. The van der Waals surface area contributed by atoms with E-state index in [0.29, 0.717) is 5.88 Å². The normalized spacial score (nSPS) is 10.8. The van der Waals surface area contributed by atoms with E-state index >= 15 is 0 Å². The lowest BCUT2D eigenvalue weighted by Gasteiger charge is -2.19. The van der Waals surface area contributed by atoms with Crippen molar-refractivity contribution in [3.8, 4) is 5.88 Å². The van der Waals surface area contributed by atoms with Gasteiger partial charge in [-0.15, -0.1) is 0 Å². The molecule has 0 radical (unpaired) electrons. The fourth-order valence-electron chi connectivity index (χ4n) is 1.16. The van der Waals surface area contributed by atoms with Crippen LogP contribution in [0.25, 0.3) is 0 Å². The molecule has 17 heavy (non-hydrogen) atoms. The third kappa shape index (κ3) is 5.19. The molecule has 1 aromatic rings. The maximum absolute atomic E-state index is 11.4. The van der Waals surface area contributed by atoms with Crippen LogP contribution < -0.4 is 10.1 Å². The van der Waals surface area contributed by atoms with Crippen LogP contribution in [0, 0.1) is 0 Å². The van der Waals surface area contributed by atoms with E-state index < -0.39 is 5.60 Å². The van der Waals surface area contributed by atoms with Crippen LogP contribution in [0.4, 0.5) is 5.69 Å². The van der Waals surface area contributed by atoms with Crippen LogP contribution in [0.1, 0.15) is 20.8 Å². The van der Waals surface area contributed by atoms with Crippen LogP contribution in [-0.4, -0.2) is 30.2 Å². The zero-order valence-electron chi connectivity index (χ0n) is 10.6. The summed E-state index contributed by atoms with van der Waals surface area (Å²) >= 11 is 0. The number of nitrogens with one attached hydrogen (secondary N) is 1. The molecule has 0 fully saturated rings. The number of nitrogens with zero attached hydrogens (tertiary/aromatic N) is 1. The maximum Gasteiger partial charge on any atom is 0.325 e. The average Bonchev–Trinajstić information content (AvgIpc) is 2.25. The van der Waals surface area contributed by atoms with Crippen LogP contribution in [0.2, 0.25) is 0 Å². The molecule has 0 aliphatic heterocycles. The van der Waals surface area contributed by atoms with Gasteiger partial charge >= 0.3 is 5.97 Å². The van der Waals surface area contributed by atoms with Gasteiger partial charge in [0.15, 0.2) is 0 Å². The molecule has 0 amide bonds. The second-order valence-corrected chi connectivity index (χ2v) is 4.53. The van der Waals surface area contributed by atoms with E-state index in [1.54, 1.807) is 25.4 Å². The average molecular weight is 238 g/mol. The molecule has 5 heteroatoms. The topological polar surface area (TPSA) is 60.5 Å². The van der Waals surface area contributed by atoms with Gasteiger partial charge in [0.2, 0.25) is 5.88 Å². The Kier molecular flexibility index (Phi) is 4.31. The number of hydrogen-bond donors (Lipinski definition) is 1. The van der Waals surface area contributed by atoms with Crippen molar-refractivity contribution in [2.24, 2.45) is 0 Å². The lowest BCUT2D eigenvalue weighted by Crippen LogP contribution is -2.28. The second kappa shape index (κ2) is 5.52. The van der Waals surface area contributed by atoms with Gasteiger partial charge in [-0.2, -0.15) is 0 Å². The Bertz CT molecular complexity index is 368. The zero-order chi connectivity index (χ0) is 12.9. The van der Waals surface area contributed by atoms with Crippen LogP contribution in [0.15, 0.2) is 18.3 Å². The smallest absolute Gasteiger partial charge is 0.325 e. The first-order valence-electron chi connectivity index (χ1n) is 5.36. The van der Waals surface area contributed by atoms with Crippen molar-refractivity contribution in [3.63, 3.8) is 0 Å². The molecule has 0 saturated carbocycles. The number of methoxy groups -OCH3 is 1. The molecular formula is C12H18N2O3. The molecule has 5 nitrogen and oxygen atoms in total. The predicted molar refractivity (Wildman–Crippen MR) is 65.1 cm³/mol. The summed E-state index contributed by atoms with van der Waals surface area (Å²) in [5, 5.41) is 2.93. The summed E-state index contributed by atoms with van der Waals surface area (Å²) in [5.41, 5.74) is 0.286. The van der Waals surface area contributed by atoms with Crippen molar-refractivity contribution >= 4 is 11.7 Å². The number of pyridine rings is 1. The van der Waals surface area contributed by atoms with Gasteiger partial charge in [-0.3, -0.25) is 4.79 Å². The Balaban J connectivity index is 2.42. The molecular weight excluding hydrogens is 220 g/mol. The minimum Gasteiger partial charge on any atom is -0.481 e. The predicted octanol–water partition coefficient (Wildman–Crippen LogP) is 1.84. The second-order valence-electron chi connectivity index (χ2n) is 4.53. The highest BCUT2D eigenvalue weighted by Crippen LogP contribution is 2.11. The van der Waals surface area contributed by atoms with Crippen LogP contribution in [-0.2, 0) is 9.53 Å². The largest absolute Gasteiger partial charge is 0.481 e. The van der Waals surface area contributed by atoms with Gasteiger partial charge < -0.3 is 14.8 Å². The number of esters is 1. The Morgan fingerprint density at radius 3 is 2.59 bits per heavy atom. The lowest BCUT2D eigenvalue weighted by molar-refractivity contribution is -0.152. The van der Waals surface area contributed by atoms with Crippen LogP contribution in [0.3, 0.4) is 0 Å². The van der Waals surface area contributed by atoms with Crippen molar-refractivity contribution in [1.29, 1.82) is 0 Å². The lowest BCUT2D eigenvalue weighted by atomic mass is 10.2. The van der Waals surface area contributed by atoms with Gasteiger partial charge in [0.25, 0.3) is 0 Å². The highest BCUT2D eigenvalue weighted by Gasteiger charge is 2.15. The molecule has 1 rings (SSSR count). The van der Waals surface area contributed by atoms with E-state index in [0.717, 1.165) is 5.69 Å². The molecule has 0 bridgehead atoms. The SMILES string of the molecule is COc1ccc(NCC(=O)OC(C)(C)C)cn1. The van der Waals surface area contributed by atoms with Gasteiger partial charge in [0.05, 0.1) is 19.0 Å². The molecule has 0 saturated heterocycles. The Hall–Kier alpha value is -1.78. The summed E-state index contributed by atoms with van der Waals surface area (Å²) in [6, 6.07) is 3.51. The zero-order valence-corrected chi connectivity index (χ0v) is 10.6. The molecule has 0 atom stereocenters. The van der Waals surface area contributed by atoms with E-state index in [1.165, 1.54) is 0 Å². The minimum atomic E-state index is -0.461. The number of rotatable bonds is 4. The highest BCUT2D eigenvalue weighted by atomic mass is 16.6. The number of carbonyl (C=O) groups is 1. The maximum atomic E-state index is 11.4. The van der Waals surface area contributed by atoms with Crippen molar-refractivity contribution in [3.05, 3.63) is 18.3 Å². The fourth-order valence-corrected chi connectivity index (χ4v) is 1.16. The first-order valence-corrected chi connectivity index (χ1v) is 5.36. The molecule has 1 heterocycles. The Morgan fingerprint density at radius 2 is 2.12 bits per heavy atom. The quantitative estimate of drug-likeness (QED) is 0.811. The van der Waals surface area contributed by atoms with Gasteiger partial charge in [-0.1, -0.05) is 0 Å². The minimum absolute atomic E-state index is 0.116. The van der Waals surface area contributed by atoms with Gasteiger partial charge in [-0.05, 0) is 26.8 Å². The van der Waals surface area contributed by atoms with Crippen molar-refractivity contribution in [1.82, 2.24) is 4.98 Å². The number of hydrogen-bond acceptors (Lipinski definition) is 5. The molecule has 1 N–H and O–H groups in total. The number of carbonyl (C=O) groups excluding carboxylic acids is 1. The fraction of sp³-hybridized carbons (Fsp3) is 0.500. The molecule has 1 aromatic heterocycles. The van der Waals surface area contributed by atoms with E-state index in [-0.39, 0.29) is 12.5 Å². The molecule has 94 valence electrons. The van der Waals surface area contributed by atoms with E-state index in [1.807, 2.05) is 20.8 Å². The number of ether oxygens (including phenoxy) is 2. The van der Waals surface area contributed by atoms with Gasteiger partial charge in [-0.25, -0.2) is 4.98 Å². The van der Waals surface area contributed by atoms with Crippen molar-refractivity contribution in [2.75, 3.05) is 19.0 Å². The van der Waals surface area contributed by atoms with Crippen LogP contribution >= 0.6 is 0 Å². The summed E-state index contributed by atoms with van der Waals surface area (Å²) in [4.78, 5) is 15.4. The van der Waals surface area contributed by atoms with Crippen molar-refractivity contribution < 1.29 is 14.3 Å². The van der Waals surface area contributed by atoms with E-state index in [4.69, 9.17) is 9.47 Å². The standard InChI is InChI=1S/C12H18N2O3/c1-12(2,3)17-11(15)8-13-9-5-6-10(16-4)14-7-9/h5-7,13H,8H2,1-4H3. The number of aromatic nitrogens is 1. The summed E-state index contributed by atoms with van der Waals surface area (Å²) in [5.74, 6) is 0.237. The first-order chi connectivity index (χ1) is 7.90. The Morgan fingerprint density at radius 1 is 1.41 bits per heavy atom. The summed E-state index contributed by atoms with van der Waals surface area (Å²) < 4.78 is 10.1. The third-order valence-electron chi connectivity index (χ3n) is 1.80. The molecule has 0 aliphatic carbocycles. The summed E-state index contributed by atoms with van der Waals surface area (Å²) in [6.45, 7) is 5.62. The molecule has 0 unspecified atom stereocenters. The summed E-state index contributed by atoms with van der Waals surface area (Å²) in [6.07, 6.45) is 1.60. The first kappa shape index (κ1) is 13.3. The van der Waals surface area contributed by atoms with E-state index in [9.17, 15) is 4.79 Å². The summed E-state index contributed by atoms with van der Waals surface area (Å²) in [7, 11) is 1.55. The monoisotopic (exact) mass is 238 g/mol. The Labute approximate surface area is 101 Å². The molecule has 0 aliphatic rings. The van der Waals surface area contributed by atoms with Crippen molar-refractivity contribution in [2.45, 2.75) is 26.4 Å².